The summed E-state index contributed by atoms with van der Waals surface area (Å²) >= 11 is 6.65. The average molecular weight is 433 g/mol. The van der Waals surface area contributed by atoms with Gasteiger partial charge in [0.1, 0.15) is 22.2 Å². The third kappa shape index (κ3) is 5.05. The van der Waals surface area contributed by atoms with Crippen LogP contribution in [0.2, 0.25) is 0 Å². The molecular weight excluding hydrogens is 416 g/mol. The van der Waals surface area contributed by atoms with E-state index in [2.05, 4.69) is 20.6 Å². The van der Waals surface area contributed by atoms with Gasteiger partial charge in [-0.05, 0) is 48.6 Å². The van der Waals surface area contributed by atoms with Crippen molar-refractivity contribution in [1.29, 1.82) is 0 Å². The van der Waals surface area contributed by atoms with Gasteiger partial charge in [0.15, 0.2) is 5.11 Å². The Kier molecular flexibility index (Phi) is 6.07. The molecule has 30 heavy (non-hydrogen) atoms. The van der Waals surface area contributed by atoms with Crippen LogP contribution in [0.15, 0.2) is 84.5 Å². The van der Waals surface area contributed by atoms with Gasteiger partial charge in [-0.3, -0.25) is 15.1 Å². The molecule has 2 heterocycles. The summed E-state index contributed by atoms with van der Waals surface area (Å²) in [5, 5.41) is 8.26. The molecule has 1 amide bonds. The molecular formula is C22H16N4O2S2. The molecule has 0 bridgehead atoms. The molecule has 0 saturated carbocycles. The van der Waals surface area contributed by atoms with Gasteiger partial charge in [-0.1, -0.05) is 24.3 Å². The number of hydrogen-bond acceptors (Lipinski definition) is 6. The highest BCUT2D eigenvalue weighted by molar-refractivity contribution is 7.80. The van der Waals surface area contributed by atoms with Gasteiger partial charge >= 0.3 is 0 Å². The molecule has 0 aliphatic carbocycles. The van der Waals surface area contributed by atoms with Gasteiger partial charge in [0, 0.05) is 35.1 Å². The Balaban J connectivity index is 1.37. The van der Waals surface area contributed by atoms with Gasteiger partial charge in [0.25, 0.3) is 5.91 Å². The summed E-state index contributed by atoms with van der Waals surface area (Å²) in [6.45, 7) is 0. The number of benzene rings is 2. The smallest absolute Gasteiger partial charge is 0.276 e. The van der Waals surface area contributed by atoms with Crippen molar-refractivity contribution < 1.29 is 9.53 Å². The zero-order valence-corrected chi connectivity index (χ0v) is 17.2. The molecule has 0 saturated heterocycles. The van der Waals surface area contributed by atoms with Crippen molar-refractivity contribution in [1.82, 2.24) is 15.3 Å². The molecule has 0 fully saturated rings. The second-order valence-electron chi connectivity index (χ2n) is 6.12. The maximum absolute atomic E-state index is 12.5. The normalized spacial score (nSPS) is 10.3. The van der Waals surface area contributed by atoms with Crippen LogP contribution in [0, 0.1) is 0 Å². The van der Waals surface area contributed by atoms with Crippen molar-refractivity contribution in [2.24, 2.45) is 0 Å². The predicted molar refractivity (Wildman–Crippen MR) is 122 cm³/mol. The first-order valence-corrected chi connectivity index (χ1v) is 10.3. The molecule has 8 heteroatoms. The number of rotatable bonds is 5. The molecule has 2 aromatic carbocycles. The third-order valence-corrected chi connectivity index (χ3v) is 5.06. The number of carbonyl (C=O) groups excluding carboxylic acids is 1. The van der Waals surface area contributed by atoms with Crippen molar-refractivity contribution in [3.8, 4) is 22.1 Å². The SMILES string of the molecule is O=C(NC(=S)Nc1cccc(Oc2ccccc2)c1)c1csc(-c2ccncc2)n1. The third-order valence-electron chi connectivity index (χ3n) is 3.96. The minimum atomic E-state index is -0.374. The Labute approximate surface area is 182 Å². The number of amides is 1. The highest BCUT2D eigenvalue weighted by Gasteiger charge is 2.13. The van der Waals surface area contributed by atoms with Gasteiger partial charge in [0.2, 0.25) is 0 Å². The molecule has 2 aromatic heterocycles. The number of aromatic nitrogens is 2. The Morgan fingerprint density at radius 1 is 0.967 bits per heavy atom. The highest BCUT2D eigenvalue weighted by atomic mass is 32.1. The zero-order valence-electron chi connectivity index (χ0n) is 15.6. The maximum Gasteiger partial charge on any atom is 0.276 e. The fourth-order valence-corrected chi connectivity index (χ4v) is 3.61. The van der Waals surface area contributed by atoms with E-state index in [1.165, 1.54) is 11.3 Å². The van der Waals surface area contributed by atoms with Gasteiger partial charge < -0.3 is 10.1 Å². The number of pyridine rings is 1. The second-order valence-corrected chi connectivity index (χ2v) is 7.39. The molecule has 148 valence electrons. The van der Waals surface area contributed by atoms with Crippen molar-refractivity contribution in [2.45, 2.75) is 0 Å². The Morgan fingerprint density at radius 3 is 2.53 bits per heavy atom. The molecule has 0 spiro atoms. The van der Waals surface area contributed by atoms with Crippen molar-refractivity contribution in [2.75, 3.05) is 5.32 Å². The van der Waals surface area contributed by atoms with E-state index in [1.54, 1.807) is 23.8 Å². The molecule has 0 radical (unpaired) electrons. The lowest BCUT2D eigenvalue weighted by Gasteiger charge is -2.11. The van der Waals surface area contributed by atoms with Crippen LogP contribution in [0.25, 0.3) is 10.6 Å². The lowest BCUT2D eigenvalue weighted by atomic mass is 10.3. The van der Waals surface area contributed by atoms with Gasteiger partial charge in [0.05, 0.1) is 0 Å². The number of para-hydroxylation sites is 1. The molecule has 0 atom stereocenters. The topological polar surface area (TPSA) is 76.1 Å². The van der Waals surface area contributed by atoms with Crippen LogP contribution >= 0.6 is 23.6 Å². The lowest BCUT2D eigenvalue weighted by Crippen LogP contribution is -2.34. The van der Waals surface area contributed by atoms with Gasteiger partial charge in [-0.25, -0.2) is 4.98 Å². The Bertz CT molecular complexity index is 1160. The van der Waals surface area contributed by atoms with Crippen molar-refractivity contribution >= 4 is 40.3 Å². The van der Waals surface area contributed by atoms with E-state index in [1.807, 2.05) is 60.7 Å². The number of anilines is 1. The minimum absolute atomic E-state index is 0.176. The minimum Gasteiger partial charge on any atom is -0.457 e. The first-order valence-electron chi connectivity index (χ1n) is 8.98. The van der Waals surface area contributed by atoms with E-state index in [0.29, 0.717) is 17.1 Å². The lowest BCUT2D eigenvalue weighted by molar-refractivity contribution is 0.0973. The molecule has 6 nitrogen and oxygen atoms in total. The second kappa shape index (κ2) is 9.25. The van der Waals surface area contributed by atoms with Crippen LogP contribution in [-0.2, 0) is 0 Å². The first-order chi connectivity index (χ1) is 14.7. The van der Waals surface area contributed by atoms with E-state index in [-0.39, 0.29) is 11.0 Å². The van der Waals surface area contributed by atoms with Crippen LogP contribution in [0.3, 0.4) is 0 Å². The van der Waals surface area contributed by atoms with E-state index < -0.39 is 0 Å². The predicted octanol–water partition coefficient (Wildman–Crippen LogP) is 5.12. The van der Waals surface area contributed by atoms with Gasteiger partial charge in [-0.15, -0.1) is 11.3 Å². The summed E-state index contributed by atoms with van der Waals surface area (Å²) in [7, 11) is 0. The van der Waals surface area contributed by atoms with E-state index in [0.717, 1.165) is 16.3 Å². The molecule has 0 aliphatic rings. The Hall–Kier alpha value is -3.62. The van der Waals surface area contributed by atoms with E-state index in [9.17, 15) is 4.79 Å². The van der Waals surface area contributed by atoms with Crippen LogP contribution in [0.1, 0.15) is 10.5 Å². The summed E-state index contributed by atoms with van der Waals surface area (Å²) < 4.78 is 5.81. The largest absolute Gasteiger partial charge is 0.457 e. The molecule has 2 N–H and O–H groups in total. The summed E-state index contributed by atoms with van der Waals surface area (Å²) in [6.07, 6.45) is 3.37. The zero-order chi connectivity index (χ0) is 20.8. The standard InChI is InChI=1S/C22H16N4O2S2/c27-20(19-14-30-21(25-19)15-9-11-23-12-10-15)26-22(29)24-16-5-4-8-18(13-16)28-17-6-2-1-3-7-17/h1-14H,(H2,24,26,27,29). The summed E-state index contributed by atoms with van der Waals surface area (Å²) in [5.41, 5.74) is 1.91. The number of carbonyl (C=O) groups is 1. The van der Waals surface area contributed by atoms with Crippen LogP contribution in [0.5, 0.6) is 11.5 Å². The monoisotopic (exact) mass is 432 g/mol. The maximum atomic E-state index is 12.5. The number of thiazole rings is 1. The number of nitrogens with one attached hydrogen (secondary N) is 2. The molecule has 4 aromatic rings. The molecule has 4 rings (SSSR count). The quantitative estimate of drug-likeness (QED) is 0.426. The summed E-state index contributed by atoms with van der Waals surface area (Å²) in [4.78, 5) is 20.8. The van der Waals surface area contributed by atoms with Gasteiger partial charge in [-0.2, -0.15) is 0 Å². The summed E-state index contributed by atoms with van der Waals surface area (Å²) in [6, 6.07) is 20.5. The first kappa shape index (κ1) is 19.7. The van der Waals surface area contributed by atoms with E-state index in [4.69, 9.17) is 17.0 Å². The van der Waals surface area contributed by atoms with Crippen LogP contribution in [-0.4, -0.2) is 21.0 Å². The van der Waals surface area contributed by atoms with Crippen molar-refractivity contribution in [3.05, 3.63) is 90.2 Å². The fraction of sp³-hybridized carbons (Fsp3) is 0. The molecule has 0 unspecified atom stereocenters. The summed E-state index contributed by atoms with van der Waals surface area (Å²) in [5.74, 6) is 1.02. The van der Waals surface area contributed by atoms with Crippen molar-refractivity contribution in [3.63, 3.8) is 0 Å². The average Bonchev–Trinajstić information content (AvgIpc) is 3.26. The van der Waals surface area contributed by atoms with Crippen LogP contribution < -0.4 is 15.4 Å². The highest BCUT2D eigenvalue weighted by Crippen LogP contribution is 2.24. The molecule has 0 aliphatic heterocycles. The number of nitrogens with zero attached hydrogens (tertiary/aromatic N) is 2. The number of hydrogen-bond donors (Lipinski definition) is 2. The number of ether oxygens (including phenoxy) is 1. The number of thiocarbonyl (C=S) groups is 1. The fourth-order valence-electron chi connectivity index (χ4n) is 2.60. The van der Waals surface area contributed by atoms with Crippen LogP contribution in [0.4, 0.5) is 5.69 Å². The van der Waals surface area contributed by atoms with E-state index >= 15 is 0 Å². The Morgan fingerprint density at radius 2 is 1.73 bits per heavy atom.